The fraction of sp³-hybridized carbons (Fsp3) is 0.100. The number of thiazole rings is 1. The summed E-state index contributed by atoms with van der Waals surface area (Å²) in [5.41, 5.74) is 0.372. The molecule has 0 amide bonds. The first-order valence-electron chi connectivity index (χ1n) is 4.32. The van der Waals surface area contributed by atoms with E-state index >= 15 is 0 Å². The molecule has 0 unspecified atom stereocenters. The molecule has 2 aromatic rings. The van der Waals surface area contributed by atoms with Gasteiger partial charge >= 0.3 is 0 Å². The third-order valence-corrected chi connectivity index (χ3v) is 2.78. The van der Waals surface area contributed by atoms with Gasteiger partial charge in [0, 0.05) is 12.4 Å². The van der Waals surface area contributed by atoms with Crippen molar-refractivity contribution in [2.24, 2.45) is 0 Å². The van der Waals surface area contributed by atoms with Crippen LogP contribution in [0.3, 0.4) is 0 Å². The molecule has 1 N–H and O–H groups in total. The van der Waals surface area contributed by atoms with Crippen LogP contribution in [0.2, 0.25) is 0 Å². The predicted molar refractivity (Wildman–Crippen MR) is 55.7 cm³/mol. The molecule has 0 aliphatic heterocycles. The van der Waals surface area contributed by atoms with E-state index < -0.39 is 0 Å². The Labute approximate surface area is 90.3 Å². The van der Waals surface area contributed by atoms with Gasteiger partial charge in [0.2, 0.25) is 5.78 Å². The quantitative estimate of drug-likeness (QED) is 0.791. The molecule has 76 valence electrons. The summed E-state index contributed by atoms with van der Waals surface area (Å²) in [5.74, 6) is -0.208. The van der Waals surface area contributed by atoms with Gasteiger partial charge in [0.05, 0.1) is 11.5 Å². The van der Waals surface area contributed by atoms with E-state index in [1.807, 2.05) is 0 Å². The zero-order valence-corrected chi connectivity index (χ0v) is 8.57. The van der Waals surface area contributed by atoms with Crippen LogP contribution < -0.4 is 0 Å². The minimum absolute atomic E-state index is 0.0901. The number of aromatic nitrogens is 2. The lowest BCUT2D eigenvalue weighted by Crippen LogP contribution is -2.02. The first kappa shape index (κ1) is 9.95. The van der Waals surface area contributed by atoms with Crippen molar-refractivity contribution in [3.05, 3.63) is 46.2 Å². The molecule has 0 aliphatic rings. The molecule has 0 aliphatic carbocycles. The molecule has 2 rings (SSSR count). The second-order valence-corrected chi connectivity index (χ2v) is 3.95. The van der Waals surface area contributed by atoms with Gasteiger partial charge in [-0.25, -0.2) is 4.98 Å². The van der Waals surface area contributed by atoms with Gasteiger partial charge in [-0.3, -0.25) is 9.78 Å². The maximum absolute atomic E-state index is 11.8. The number of aliphatic hydroxyl groups excluding tert-OH is 1. The molecule has 0 fully saturated rings. The number of carbonyl (C=O) groups excluding carboxylic acids is 1. The topological polar surface area (TPSA) is 63.1 Å². The average molecular weight is 220 g/mol. The van der Waals surface area contributed by atoms with Crippen LogP contribution in [0.5, 0.6) is 0 Å². The summed E-state index contributed by atoms with van der Waals surface area (Å²) in [4.78, 5) is 20.3. The minimum Gasteiger partial charge on any atom is -0.391 e. The van der Waals surface area contributed by atoms with Gasteiger partial charge in [-0.2, -0.15) is 0 Å². The van der Waals surface area contributed by atoms with Crippen LogP contribution in [0.4, 0.5) is 0 Å². The minimum atomic E-state index is -0.208. The molecular formula is C10H8N2O2S. The molecule has 0 spiro atoms. The summed E-state index contributed by atoms with van der Waals surface area (Å²) in [6.07, 6.45) is 3.06. The van der Waals surface area contributed by atoms with Gasteiger partial charge in [-0.15, -0.1) is 11.3 Å². The molecule has 5 heteroatoms. The van der Waals surface area contributed by atoms with Gasteiger partial charge in [0.1, 0.15) is 5.69 Å². The van der Waals surface area contributed by atoms with E-state index in [0.717, 1.165) is 0 Å². The Morgan fingerprint density at radius 3 is 2.87 bits per heavy atom. The number of hydrogen-bond acceptors (Lipinski definition) is 5. The summed E-state index contributed by atoms with van der Waals surface area (Å²) in [7, 11) is 0. The van der Waals surface area contributed by atoms with E-state index in [9.17, 15) is 4.79 Å². The van der Waals surface area contributed by atoms with Crippen molar-refractivity contribution < 1.29 is 9.90 Å². The highest BCUT2D eigenvalue weighted by molar-refractivity contribution is 7.13. The van der Waals surface area contributed by atoms with Crippen LogP contribution in [0.25, 0.3) is 0 Å². The molecule has 15 heavy (non-hydrogen) atoms. The Hall–Kier alpha value is -1.59. The van der Waals surface area contributed by atoms with Crippen LogP contribution in [-0.2, 0) is 6.61 Å². The highest BCUT2D eigenvalue weighted by Crippen LogP contribution is 2.15. The zero-order chi connectivity index (χ0) is 10.7. The van der Waals surface area contributed by atoms with E-state index in [4.69, 9.17) is 5.11 Å². The Morgan fingerprint density at radius 1 is 1.40 bits per heavy atom. The van der Waals surface area contributed by atoms with Crippen molar-refractivity contribution >= 4 is 17.1 Å². The maximum atomic E-state index is 11.8. The van der Waals surface area contributed by atoms with Crippen molar-refractivity contribution in [3.63, 3.8) is 0 Å². The molecule has 2 heterocycles. The first-order chi connectivity index (χ1) is 7.31. The normalized spacial score (nSPS) is 10.2. The van der Waals surface area contributed by atoms with E-state index in [1.54, 1.807) is 24.4 Å². The predicted octanol–water partition coefficient (Wildman–Crippen LogP) is 1.26. The fourth-order valence-electron chi connectivity index (χ4n) is 1.09. The standard InChI is InChI=1S/C10H8N2O2S/c13-6-7-5-12-10(15-7)9(14)8-3-1-2-4-11-8/h1-5,13H,6H2. The largest absolute Gasteiger partial charge is 0.391 e. The number of ketones is 1. The summed E-state index contributed by atoms with van der Waals surface area (Å²) >= 11 is 1.19. The molecule has 0 radical (unpaired) electrons. The molecule has 2 aromatic heterocycles. The van der Waals surface area contributed by atoms with E-state index in [2.05, 4.69) is 9.97 Å². The van der Waals surface area contributed by atoms with Crippen LogP contribution in [0.15, 0.2) is 30.6 Å². The monoisotopic (exact) mass is 220 g/mol. The Bertz CT molecular complexity index is 467. The van der Waals surface area contributed by atoms with Crippen molar-refractivity contribution in [1.29, 1.82) is 0 Å². The van der Waals surface area contributed by atoms with Crippen molar-refractivity contribution in [1.82, 2.24) is 9.97 Å². The van der Waals surface area contributed by atoms with Gasteiger partial charge < -0.3 is 5.11 Å². The number of rotatable bonds is 3. The first-order valence-corrected chi connectivity index (χ1v) is 5.14. The van der Waals surface area contributed by atoms with Gasteiger partial charge in [0.25, 0.3) is 0 Å². The van der Waals surface area contributed by atoms with Crippen LogP contribution in [0.1, 0.15) is 20.4 Å². The summed E-state index contributed by atoms with van der Waals surface area (Å²) in [6.45, 7) is -0.0901. The SMILES string of the molecule is O=C(c1ccccn1)c1ncc(CO)s1. The smallest absolute Gasteiger partial charge is 0.239 e. The Morgan fingerprint density at radius 2 is 2.27 bits per heavy atom. The van der Waals surface area contributed by atoms with E-state index in [-0.39, 0.29) is 12.4 Å². The van der Waals surface area contributed by atoms with E-state index in [0.29, 0.717) is 15.6 Å². The Kier molecular flexibility index (Phi) is 2.84. The summed E-state index contributed by atoms with van der Waals surface area (Å²) in [6, 6.07) is 5.14. The lowest BCUT2D eigenvalue weighted by Gasteiger charge is -1.93. The average Bonchev–Trinajstić information content (AvgIpc) is 2.78. The number of aliphatic hydroxyl groups is 1. The molecular weight excluding hydrogens is 212 g/mol. The number of hydrogen-bond donors (Lipinski definition) is 1. The number of carbonyl (C=O) groups is 1. The molecule has 0 saturated carbocycles. The second kappa shape index (κ2) is 4.29. The number of nitrogens with zero attached hydrogens (tertiary/aromatic N) is 2. The number of pyridine rings is 1. The van der Waals surface area contributed by atoms with Gasteiger partial charge in [-0.05, 0) is 12.1 Å². The Balaban J connectivity index is 2.29. The van der Waals surface area contributed by atoms with Gasteiger partial charge in [0.15, 0.2) is 5.01 Å². The van der Waals surface area contributed by atoms with E-state index in [1.165, 1.54) is 17.5 Å². The van der Waals surface area contributed by atoms with Crippen molar-refractivity contribution in [2.75, 3.05) is 0 Å². The maximum Gasteiger partial charge on any atom is 0.239 e. The van der Waals surface area contributed by atoms with Crippen molar-refractivity contribution in [2.45, 2.75) is 6.61 Å². The summed E-state index contributed by atoms with van der Waals surface area (Å²) in [5, 5.41) is 9.21. The molecule has 0 bridgehead atoms. The molecule has 0 atom stereocenters. The lowest BCUT2D eigenvalue weighted by atomic mass is 10.2. The fourth-order valence-corrected chi connectivity index (χ4v) is 1.81. The van der Waals surface area contributed by atoms with Crippen LogP contribution in [0, 0.1) is 0 Å². The summed E-state index contributed by atoms with van der Waals surface area (Å²) < 4.78 is 0. The van der Waals surface area contributed by atoms with Crippen LogP contribution >= 0.6 is 11.3 Å². The highest BCUT2D eigenvalue weighted by Gasteiger charge is 2.13. The zero-order valence-electron chi connectivity index (χ0n) is 7.75. The van der Waals surface area contributed by atoms with Crippen molar-refractivity contribution in [3.8, 4) is 0 Å². The van der Waals surface area contributed by atoms with Gasteiger partial charge in [-0.1, -0.05) is 6.07 Å². The second-order valence-electron chi connectivity index (χ2n) is 2.83. The lowest BCUT2D eigenvalue weighted by molar-refractivity contribution is 0.103. The molecule has 0 aromatic carbocycles. The molecule has 4 nitrogen and oxygen atoms in total. The van der Waals surface area contributed by atoms with Crippen LogP contribution in [-0.4, -0.2) is 20.9 Å². The highest BCUT2D eigenvalue weighted by atomic mass is 32.1. The third-order valence-electron chi connectivity index (χ3n) is 1.80. The third kappa shape index (κ3) is 2.08. The molecule has 0 saturated heterocycles.